The summed E-state index contributed by atoms with van der Waals surface area (Å²) in [7, 11) is -1.52. The molecule has 0 spiro atoms. The first-order chi connectivity index (χ1) is 14.8. The highest BCUT2D eigenvalue weighted by Crippen LogP contribution is 2.37. The van der Waals surface area contributed by atoms with Crippen molar-refractivity contribution in [1.82, 2.24) is 19.7 Å². The molecule has 1 aromatic carbocycles. The van der Waals surface area contributed by atoms with Crippen LogP contribution in [0, 0.1) is 0 Å². The van der Waals surface area contributed by atoms with Crippen molar-refractivity contribution in [3.05, 3.63) is 30.5 Å². The lowest BCUT2D eigenvalue weighted by molar-refractivity contribution is 0.122. The minimum atomic E-state index is -2.82. The molecule has 4 rings (SSSR count). The Balaban J connectivity index is 0.00000289. The molecule has 0 aliphatic carbocycles. The van der Waals surface area contributed by atoms with Crippen molar-refractivity contribution >= 4 is 39.4 Å². The van der Waals surface area contributed by atoms with Gasteiger partial charge >= 0.3 is 6.09 Å². The average molecular weight is 451 g/mol. The molecule has 1 aliphatic heterocycles. The van der Waals surface area contributed by atoms with Crippen LogP contribution in [0.25, 0.3) is 22.3 Å². The Hall–Kier alpha value is -2.93. The smallest absolute Gasteiger partial charge is 0.411 e. The van der Waals surface area contributed by atoms with Gasteiger partial charge in [0, 0.05) is 32.0 Å². The summed E-state index contributed by atoms with van der Waals surface area (Å²) in [6, 6.07) is 7.17. The molecule has 1 amide bonds. The number of fused-ring (bicyclic) bond motifs is 1. The highest BCUT2D eigenvalue weighted by atomic mass is 32.3. The summed E-state index contributed by atoms with van der Waals surface area (Å²) < 4.78 is 31.4. The number of benzene rings is 1. The Labute approximate surface area is 181 Å². The van der Waals surface area contributed by atoms with Crippen LogP contribution in [-0.4, -0.2) is 74.6 Å². The summed E-state index contributed by atoms with van der Waals surface area (Å²) in [5.74, 6) is 0.467. The van der Waals surface area contributed by atoms with Gasteiger partial charge in [-0.1, -0.05) is 12.1 Å². The van der Waals surface area contributed by atoms with E-state index in [0.717, 1.165) is 5.56 Å². The SMILES string of the molecule is COC(=O)Nc1ccc(-c2nc(N3CCOCC3)nc3c2cnn3CS(C)(O)O)cc1.[HH]. The summed E-state index contributed by atoms with van der Waals surface area (Å²) >= 11 is 0. The molecular formula is C19H26N6O5S. The molecule has 12 heteroatoms. The number of rotatable bonds is 5. The maximum Gasteiger partial charge on any atom is 0.411 e. The fourth-order valence-electron chi connectivity index (χ4n) is 3.28. The number of aromatic nitrogens is 4. The van der Waals surface area contributed by atoms with E-state index in [-0.39, 0.29) is 7.30 Å². The molecule has 31 heavy (non-hydrogen) atoms. The van der Waals surface area contributed by atoms with Crippen molar-refractivity contribution in [1.29, 1.82) is 0 Å². The van der Waals surface area contributed by atoms with Crippen LogP contribution in [0.3, 0.4) is 0 Å². The van der Waals surface area contributed by atoms with Crippen molar-refractivity contribution in [2.75, 3.05) is 49.9 Å². The van der Waals surface area contributed by atoms with Gasteiger partial charge in [0.2, 0.25) is 5.95 Å². The number of morpholine rings is 1. The van der Waals surface area contributed by atoms with E-state index in [0.29, 0.717) is 54.7 Å². The summed E-state index contributed by atoms with van der Waals surface area (Å²) in [6.07, 6.45) is 2.45. The highest BCUT2D eigenvalue weighted by molar-refractivity contribution is 8.22. The van der Waals surface area contributed by atoms with Crippen LogP contribution >= 0.6 is 10.6 Å². The molecule has 168 valence electrons. The molecule has 1 fully saturated rings. The van der Waals surface area contributed by atoms with Crippen molar-refractivity contribution in [3.63, 3.8) is 0 Å². The van der Waals surface area contributed by atoms with Gasteiger partial charge in [-0.25, -0.2) is 14.5 Å². The number of ether oxygens (including phenoxy) is 2. The zero-order chi connectivity index (χ0) is 22.0. The van der Waals surface area contributed by atoms with Crippen LogP contribution < -0.4 is 10.2 Å². The van der Waals surface area contributed by atoms with Crippen LogP contribution in [0.5, 0.6) is 0 Å². The van der Waals surface area contributed by atoms with Gasteiger partial charge in [0.25, 0.3) is 0 Å². The average Bonchev–Trinajstić information content (AvgIpc) is 3.15. The van der Waals surface area contributed by atoms with Gasteiger partial charge in [0.05, 0.1) is 37.6 Å². The van der Waals surface area contributed by atoms with E-state index in [4.69, 9.17) is 9.72 Å². The first-order valence-corrected chi connectivity index (χ1v) is 11.7. The maximum absolute atomic E-state index is 11.4. The van der Waals surface area contributed by atoms with Gasteiger partial charge in [0.1, 0.15) is 5.88 Å². The molecular weight excluding hydrogens is 424 g/mol. The summed E-state index contributed by atoms with van der Waals surface area (Å²) in [5, 5.41) is 7.62. The number of nitrogens with one attached hydrogen (secondary N) is 1. The largest absolute Gasteiger partial charge is 0.453 e. The van der Waals surface area contributed by atoms with E-state index < -0.39 is 16.7 Å². The fourth-order valence-corrected chi connectivity index (χ4v) is 3.93. The van der Waals surface area contributed by atoms with E-state index >= 15 is 0 Å². The second kappa shape index (κ2) is 8.67. The number of nitrogens with zero attached hydrogens (tertiary/aromatic N) is 5. The van der Waals surface area contributed by atoms with Crippen LogP contribution in [0.2, 0.25) is 0 Å². The summed E-state index contributed by atoms with van der Waals surface area (Å²) in [5.41, 5.74) is 2.57. The lowest BCUT2D eigenvalue weighted by Crippen LogP contribution is -2.37. The molecule has 0 bridgehead atoms. The lowest BCUT2D eigenvalue weighted by Gasteiger charge is -2.28. The molecule has 1 saturated heterocycles. The molecule has 1 aliphatic rings. The monoisotopic (exact) mass is 450 g/mol. The summed E-state index contributed by atoms with van der Waals surface area (Å²) in [6.45, 7) is 2.48. The molecule has 2 aromatic heterocycles. The normalized spacial score (nSPS) is 15.2. The van der Waals surface area contributed by atoms with E-state index in [1.807, 2.05) is 17.0 Å². The number of hydrogen-bond acceptors (Lipinski definition) is 9. The maximum atomic E-state index is 11.4. The Morgan fingerprint density at radius 2 is 1.97 bits per heavy atom. The van der Waals surface area contributed by atoms with Crippen LogP contribution in [0.1, 0.15) is 1.43 Å². The first-order valence-electron chi connectivity index (χ1n) is 9.56. The van der Waals surface area contributed by atoms with Gasteiger partial charge in [-0.3, -0.25) is 14.4 Å². The zero-order valence-corrected chi connectivity index (χ0v) is 18.0. The first kappa shape index (κ1) is 21.3. The van der Waals surface area contributed by atoms with Crippen molar-refractivity contribution in [2.24, 2.45) is 0 Å². The Morgan fingerprint density at radius 3 is 2.61 bits per heavy atom. The second-order valence-electron chi connectivity index (χ2n) is 7.17. The van der Waals surface area contributed by atoms with E-state index in [1.54, 1.807) is 18.3 Å². The molecule has 0 atom stereocenters. The van der Waals surface area contributed by atoms with Gasteiger partial charge in [-0.05, 0) is 12.1 Å². The third kappa shape index (κ3) is 4.88. The number of methoxy groups -OCH3 is 1. The van der Waals surface area contributed by atoms with Gasteiger partial charge in [0.15, 0.2) is 5.65 Å². The van der Waals surface area contributed by atoms with Gasteiger partial charge in [-0.2, -0.15) is 20.7 Å². The Kier molecular flexibility index (Phi) is 5.96. The predicted octanol–water partition coefficient (Wildman–Crippen LogP) is 3.09. The molecule has 3 aromatic rings. The quantitative estimate of drug-likeness (QED) is 0.536. The van der Waals surface area contributed by atoms with E-state index in [9.17, 15) is 13.9 Å². The summed E-state index contributed by atoms with van der Waals surface area (Å²) in [4.78, 5) is 22.9. The van der Waals surface area contributed by atoms with Gasteiger partial charge in [-0.15, -0.1) is 0 Å². The standard InChI is InChI=1S/C19H24N6O5S.H2/c1-29-19(26)21-14-5-3-13(4-6-14)16-15-11-20-25(12-31(2,27)28)17(15)23-18(22-16)24-7-9-30-10-8-24;/h3-6,11,27-28H,7-10,12H2,1-2H3,(H,21,26);1H. The minimum Gasteiger partial charge on any atom is -0.453 e. The minimum absolute atomic E-state index is 0. The van der Waals surface area contributed by atoms with Crippen LogP contribution in [0.4, 0.5) is 16.4 Å². The van der Waals surface area contributed by atoms with E-state index in [2.05, 4.69) is 20.1 Å². The number of hydrogen-bond donors (Lipinski definition) is 3. The molecule has 11 nitrogen and oxygen atoms in total. The van der Waals surface area contributed by atoms with Crippen molar-refractivity contribution in [2.45, 2.75) is 5.88 Å². The Bertz CT molecular complexity index is 1080. The number of anilines is 2. The fraction of sp³-hybridized carbons (Fsp3) is 0.368. The molecule has 0 unspecified atom stereocenters. The van der Waals surface area contributed by atoms with Crippen molar-refractivity contribution < 1.29 is 24.8 Å². The van der Waals surface area contributed by atoms with E-state index in [1.165, 1.54) is 18.0 Å². The molecule has 0 saturated carbocycles. The molecule has 3 heterocycles. The number of carbonyl (C=O) groups excluding carboxylic acids is 1. The lowest BCUT2D eigenvalue weighted by atomic mass is 10.1. The van der Waals surface area contributed by atoms with Crippen LogP contribution in [-0.2, 0) is 15.4 Å². The number of amides is 1. The zero-order valence-electron chi connectivity index (χ0n) is 17.2. The highest BCUT2D eigenvalue weighted by Gasteiger charge is 2.21. The number of carbonyl (C=O) groups is 1. The predicted molar refractivity (Wildman–Crippen MR) is 121 cm³/mol. The topological polar surface area (TPSA) is 135 Å². The second-order valence-corrected chi connectivity index (χ2v) is 9.42. The third-order valence-corrected chi connectivity index (χ3v) is 5.47. The molecule has 3 N–H and O–H groups in total. The van der Waals surface area contributed by atoms with Crippen LogP contribution in [0.15, 0.2) is 30.5 Å². The van der Waals surface area contributed by atoms with Gasteiger partial charge < -0.3 is 14.4 Å². The molecule has 0 radical (unpaired) electrons. The van der Waals surface area contributed by atoms with Crippen molar-refractivity contribution in [3.8, 4) is 11.3 Å². The Morgan fingerprint density at radius 1 is 1.26 bits per heavy atom. The third-order valence-electron chi connectivity index (χ3n) is 4.74.